The van der Waals surface area contributed by atoms with E-state index in [0.717, 1.165) is 11.6 Å². The van der Waals surface area contributed by atoms with Gasteiger partial charge in [-0.25, -0.2) is 9.18 Å². The summed E-state index contributed by atoms with van der Waals surface area (Å²) in [7, 11) is 0. The standard InChI is InChI=1S/C18H17ClFNO3/c1-12(17(22)21-10-9-13-5-3-2-4-6-13)24-18(23)15-11-14(19)7-8-16(15)20/h2-8,11-12H,9-10H2,1H3,(H,21,22)/t12-/m0/s1. The lowest BCUT2D eigenvalue weighted by Gasteiger charge is -2.14. The molecule has 0 fully saturated rings. The maximum Gasteiger partial charge on any atom is 0.341 e. The molecule has 0 saturated heterocycles. The lowest BCUT2D eigenvalue weighted by Crippen LogP contribution is -2.37. The fraction of sp³-hybridized carbons (Fsp3) is 0.222. The Balaban J connectivity index is 1.84. The van der Waals surface area contributed by atoms with Crippen molar-refractivity contribution in [3.8, 4) is 0 Å². The summed E-state index contributed by atoms with van der Waals surface area (Å²) in [5.41, 5.74) is 0.787. The molecule has 0 bridgehead atoms. The van der Waals surface area contributed by atoms with Gasteiger partial charge in [0.15, 0.2) is 6.10 Å². The molecule has 0 aromatic heterocycles. The Kier molecular flexibility index (Phi) is 6.32. The highest BCUT2D eigenvalue weighted by Gasteiger charge is 2.21. The zero-order valence-electron chi connectivity index (χ0n) is 13.1. The van der Waals surface area contributed by atoms with Crippen LogP contribution in [0.2, 0.25) is 5.02 Å². The fourth-order valence-electron chi connectivity index (χ4n) is 2.05. The number of benzene rings is 2. The van der Waals surface area contributed by atoms with Gasteiger partial charge >= 0.3 is 5.97 Å². The second-order valence-electron chi connectivity index (χ2n) is 5.20. The molecule has 0 spiro atoms. The van der Waals surface area contributed by atoms with Crippen LogP contribution in [0.5, 0.6) is 0 Å². The van der Waals surface area contributed by atoms with E-state index < -0.39 is 23.8 Å². The molecule has 0 aliphatic rings. The first-order valence-corrected chi connectivity index (χ1v) is 7.83. The van der Waals surface area contributed by atoms with Crippen LogP contribution in [0.1, 0.15) is 22.8 Å². The van der Waals surface area contributed by atoms with Gasteiger partial charge in [-0.05, 0) is 37.1 Å². The van der Waals surface area contributed by atoms with Crippen LogP contribution in [0.3, 0.4) is 0 Å². The molecule has 1 N–H and O–H groups in total. The van der Waals surface area contributed by atoms with Crippen LogP contribution >= 0.6 is 11.6 Å². The third kappa shape index (κ3) is 5.06. The van der Waals surface area contributed by atoms with Gasteiger partial charge in [0, 0.05) is 11.6 Å². The number of carbonyl (C=O) groups excluding carboxylic acids is 2. The van der Waals surface area contributed by atoms with Crippen molar-refractivity contribution in [2.45, 2.75) is 19.4 Å². The molecule has 0 aliphatic carbocycles. The molecule has 2 aromatic rings. The van der Waals surface area contributed by atoms with E-state index in [1.165, 1.54) is 19.1 Å². The average molecular weight is 350 g/mol. The maximum absolute atomic E-state index is 13.6. The van der Waals surface area contributed by atoms with Crippen LogP contribution < -0.4 is 5.32 Å². The molecule has 4 nitrogen and oxygen atoms in total. The van der Waals surface area contributed by atoms with Gasteiger partial charge in [-0.15, -0.1) is 0 Å². The average Bonchev–Trinajstić information content (AvgIpc) is 2.57. The Morgan fingerprint density at radius 2 is 1.92 bits per heavy atom. The number of hydrogen-bond acceptors (Lipinski definition) is 3. The highest BCUT2D eigenvalue weighted by atomic mass is 35.5. The molecule has 0 radical (unpaired) electrons. The molecular formula is C18H17ClFNO3. The minimum Gasteiger partial charge on any atom is -0.449 e. The zero-order chi connectivity index (χ0) is 17.5. The highest BCUT2D eigenvalue weighted by Crippen LogP contribution is 2.16. The third-order valence-corrected chi connectivity index (χ3v) is 3.59. The van der Waals surface area contributed by atoms with E-state index in [1.54, 1.807) is 0 Å². The van der Waals surface area contributed by atoms with E-state index in [-0.39, 0.29) is 10.6 Å². The predicted molar refractivity (Wildman–Crippen MR) is 89.4 cm³/mol. The maximum atomic E-state index is 13.6. The van der Waals surface area contributed by atoms with Crippen LogP contribution in [0, 0.1) is 5.82 Å². The zero-order valence-corrected chi connectivity index (χ0v) is 13.8. The lowest BCUT2D eigenvalue weighted by atomic mass is 10.1. The number of halogens is 2. The largest absolute Gasteiger partial charge is 0.449 e. The molecule has 6 heteroatoms. The van der Waals surface area contributed by atoms with Crippen LogP contribution in [-0.4, -0.2) is 24.5 Å². The predicted octanol–water partition coefficient (Wildman–Crippen LogP) is 3.38. The summed E-state index contributed by atoms with van der Waals surface area (Å²) in [4.78, 5) is 23.9. The Morgan fingerprint density at radius 3 is 2.62 bits per heavy atom. The van der Waals surface area contributed by atoms with E-state index in [1.807, 2.05) is 30.3 Å². The van der Waals surface area contributed by atoms with Gasteiger partial charge in [-0.2, -0.15) is 0 Å². The fourth-order valence-corrected chi connectivity index (χ4v) is 2.22. The molecular weight excluding hydrogens is 333 g/mol. The molecule has 1 amide bonds. The first-order valence-electron chi connectivity index (χ1n) is 7.45. The monoisotopic (exact) mass is 349 g/mol. The number of rotatable bonds is 6. The first-order chi connectivity index (χ1) is 11.5. The third-order valence-electron chi connectivity index (χ3n) is 3.36. The van der Waals surface area contributed by atoms with Crippen molar-refractivity contribution in [2.24, 2.45) is 0 Å². The van der Waals surface area contributed by atoms with Crippen molar-refractivity contribution in [1.82, 2.24) is 5.32 Å². The first kappa shape index (κ1) is 17.9. The van der Waals surface area contributed by atoms with Crippen LogP contribution in [-0.2, 0) is 16.0 Å². The molecule has 126 valence electrons. The van der Waals surface area contributed by atoms with Crippen LogP contribution in [0.15, 0.2) is 48.5 Å². The van der Waals surface area contributed by atoms with Crippen molar-refractivity contribution in [1.29, 1.82) is 0 Å². The number of hydrogen-bond donors (Lipinski definition) is 1. The van der Waals surface area contributed by atoms with E-state index in [9.17, 15) is 14.0 Å². The molecule has 0 unspecified atom stereocenters. The van der Waals surface area contributed by atoms with Gasteiger partial charge in [0.1, 0.15) is 5.82 Å². The quantitative estimate of drug-likeness (QED) is 0.813. The summed E-state index contributed by atoms with van der Waals surface area (Å²) in [6, 6.07) is 13.2. The van der Waals surface area contributed by atoms with Crippen molar-refractivity contribution in [3.05, 3.63) is 70.5 Å². The molecule has 1 atom stereocenters. The SMILES string of the molecule is C[C@H](OC(=O)c1cc(Cl)ccc1F)C(=O)NCCc1ccccc1. The molecule has 0 saturated carbocycles. The lowest BCUT2D eigenvalue weighted by molar-refractivity contribution is -0.129. The second kappa shape index (κ2) is 8.45. The molecule has 24 heavy (non-hydrogen) atoms. The minimum absolute atomic E-state index is 0.211. The summed E-state index contributed by atoms with van der Waals surface area (Å²) in [6.07, 6.45) is -0.373. The Labute approximate surface area is 144 Å². The molecule has 0 aliphatic heterocycles. The molecule has 2 aromatic carbocycles. The van der Waals surface area contributed by atoms with Gasteiger partial charge in [-0.3, -0.25) is 4.79 Å². The number of esters is 1. The van der Waals surface area contributed by atoms with Crippen molar-refractivity contribution in [2.75, 3.05) is 6.54 Å². The van der Waals surface area contributed by atoms with Gasteiger partial charge < -0.3 is 10.1 Å². The Morgan fingerprint density at radius 1 is 1.21 bits per heavy atom. The highest BCUT2D eigenvalue weighted by molar-refractivity contribution is 6.30. The van der Waals surface area contributed by atoms with Crippen molar-refractivity contribution < 1.29 is 18.7 Å². The van der Waals surface area contributed by atoms with E-state index in [0.29, 0.717) is 13.0 Å². The minimum atomic E-state index is -1.04. The van der Waals surface area contributed by atoms with E-state index >= 15 is 0 Å². The smallest absolute Gasteiger partial charge is 0.341 e. The van der Waals surface area contributed by atoms with Gasteiger partial charge in [0.2, 0.25) is 0 Å². The topological polar surface area (TPSA) is 55.4 Å². The van der Waals surface area contributed by atoms with Gasteiger partial charge in [0.05, 0.1) is 5.56 Å². The van der Waals surface area contributed by atoms with Crippen molar-refractivity contribution in [3.63, 3.8) is 0 Å². The summed E-state index contributed by atoms with van der Waals surface area (Å²) >= 11 is 5.73. The summed E-state index contributed by atoms with van der Waals surface area (Å²) in [5.74, 6) is -2.12. The van der Waals surface area contributed by atoms with Crippen LogP contribution in [0.4, 0.5) is 4.39 Å². The summed E-state index contributed by atoms with van der Waals surface area (Å²) in [6.45, 7) is 1.84. The van der Waals surface area contributed by atoms with E-state index in [2.05, 4.69) is 5.32 Å². The molecule has 2 rings (SSSR count). The number of ether oxygens (including phenoxy) is 1. The normalized spacial score (nSPS) is 11.6. The summed E-state index contributed by atoms with van der Waals surface area (Å²) in [5, 5.41) is 2.89. The van der Waals surface area contributed by atoms with Crippen LogP contribution in [0.25, 0.3) is 0 Å². The summed E-state index contributed by atoms with van der Waals surface area (Å²) < 4.78 is 18.6. The molecule has 0 heterocycles. The van der Waals surface area contributed by atoms with E-state index in [4.69, 9.17) is 16.3 Å². The Bertz CT molecular complexity index is 721. The number of carbonyl (C=O) groups is 2. The van der Waals surface area contributed by atoms with Gasteiger partial charge in [0.25, 0.3) is 5.91 Å². The number of amides is 1. The number of nitrogens with one attached hydrogen (secondary N) is 1. The van der Waals surface area contributed by atoms with Crippen molar-refractivity contribution >= 4 is 23.5 Å². The second-order valence-corrected chi connectivity index (χ2v) is 5.63. The van der Waals surface area contributed by atoms with Gasteiger partial charge in [-0.1, -0.05) is 41.9 Å². The Hall–Kier alpha value is -2.40.